The van der Waals surface area contributed by atoms with Crippen LogP contribution in [0.15, 0.2) is 0 Å². The molecular weight excluding hydrogens is 102 g/mol. The van der Waals surface area contributed by atoms with Crippen LogP contribution in [0.1, 0.15) is 6.92 Å². The molecule has 38 valence electrons. The van der Waals surface area contributed by atoms with Crippen LogP contribution in [0.4, 0.5) is 0 Å². The molecule has 0 rings (SSSR count). The molecule has 0 atom stereocenters. The Kier molecular flexibility index (Phi) is 7.36. The molecule has 0 bridgehead atoms. The number of hydrogen-bond donors (Lipinski definition) is 2. The van der Waals surface area contributed by atoms with Gasteiger partial charge in [0.1, 0.15) is 0 Å². The van der Waals surface area contributed by atoms with Crippen molar-refractivity contribution in [3.63, 3.8) is 0 Å². The number of rotatable bonds is 0. The van der Waals surface area contributed by atoms with Gasteiger partial charge in [0.05, 0.1) is 0 Å². The topological polar surface area (TPSA) is 61.3 Å². The maximum atomic E-state index is 9.51. The van der Waals surface area contributed by atoms with Crippen molar-refractivity contribution in [1.82, 2.24) is 6.15 Å². The highest BCUT2D eigenvalue weighted by atomic mass is 32.1. The van der Waals surface area contributed by atoms with Gasteiger partial charge in [-0.15, -0.1) is 0 Å². The standard InChI is InChI=1S/C2H4O2S.H3N/c1-2(3)4-5;/h5H,1H3;1H3. The summed E-state index contributed by atoms with van der Waals surface area (Å²) in [5.41, 5.74) is 0. The number of thiol groups is 1. The second-order valence-electron chi connectivity index (χ2n) is 0.583. The van der Waals surface area contributed by atoms with Gasteiger partial charge >= 0.3 is 5.97 Å². The van der Waals surface area contributed by atoms with Crippen LogP contribution in [0.3, 0.4) is 0 Å². The van der Waals surface area contributed by atoms with Gasteiger partial charge in [0.2, 0.25) is 0 Å². The third-order valence-electron chi connectivity index (χ3n) is 0.129. The van der Waals surface area contributed by atoms with Crippen molar-refractivity contribution in [2.45, 2.75) is 6.92 Å². The Labute approximate surface area is 41.9 Å². The first kappa shape index (κ1) is 9.24. The molecule has 3 N–H and O–H groups in total. The minimum atomic E-state index is -0.381. The van der Waals surface area contributed by atoms with Gasteiger partial charge in [0.15, 0.2) is 0 Å². The summed E-state index contributed by atoms with van der Waals surface area (Å²) < 4.78 is 3.81. The van der Waals surface area contributed by atoms with Gasteiger partial charge in [-0.2, -0.15) is 0 Å². The molecule has 0 aromatic rings. The maximum absolute atomic E-state index is 9.51. The Morgan fingerprint density at radius 1 is 1.83 bits per heavy atom. The van der Waals surface area contributed by atoms with E-state index < -0.39 is 0 Å². The fourth-order valence-electron chi connectivity index (χ4n) is 0. The highest BCUT2D eigenvalue weighted by Gasteiger charge is 1.77. The van der Waals surface area contributed by atoms with Gasteiger partial charge in [-0.3, -0.25) is 4.79 Å². The molecule has 0 heterocycles. The summed E-state index contributed by atoms with van der Waals surface area (Å²) in [4.78, 5) is 9.51. The zero-order chi connectivity index (χ0) is 4.28. The largest absolute Gasteiger partial charge is 0.395 e. The van der Waals surface area contributed by atoms with Crippen molar-refractivity contribution in [2.24, 2.45) is 0 Å². The molecule has 0 aliphatic rings. The Morgan fingerprint density at radius 3 is 2.00 bits per heavy atom. The fraction of sp³-hybridized carbons (Fsp3) is 0.500. The van der Waals surface area contributed by atoms with Gasteiger partial charge < -0.3 is 10.3 Å². The summed E-state index contributed by atoms with van der Waals surface area (Å²) >= 11 is 3.17. The second kappa shape index (κ2) is 4.78. The summed E-state index contributed by atoms with van der Waals surface area (Å²) in [5, 5.41) is 0. The van der Waals surface area contributed by atoms with Crippen molar-refractivity contribution in [2.75, 3.05) is 0 Å². The molecule has 0 fully saturated rings. The van der Waals surface area contributed by atoms with E-state index in [0.717, 1.165) is 0 Å². The predicted molar refractivity (Wildman–Crippen MR) is 25.8 cm³/mol. The fourth-order valence-corrected chi connectivity index (χ4v) is 0. The highest BCUT2D eigenvalue weighted by molar-refractivity contribution is 7.75. The van der Waals surface area contributed by atoms with Gasteiger partial charge in [-0.1, -0.05) is 0 Å². The maximum Gasteiger partial charge on any atom is 0.314 e. The quantitative estimate of drug-likeness (QED) is 0.353. The lowest BCUT2D eigenvalue weighted by atomic mass is 10.9. The molecule has 0 aliphatic carbocycles. The van der Waals surface area contributed by atoms with Crippen molar-refractivity contribution >= 4 is 18.9 Å². The van der Waals surface area contributed by atoms with Crippen LogP contribution in [0, 0.1) is 0 Å². The van der Waals surface area contributed by atoms with Crippen molar-refractivity contribution < 1.29 is 8.98 Å². The second-order valence-corrected chi connectivity index (χ2v) is 0.765. The van der Waals surface area contributed by atoms with Gasteiger partial charge in [-0.05, 0) is 0 Å². The van der Waals surface area contributed by atoms with Gasteiger partial charge in [-0.25, -0.2) is 0 Å². The minimum absolute atomic E-state index is 0. The van der Waals surface area contributed by atoms with Crippen molar-refractivity contribution in [3.8, 4) is 0 Å². The van der Waals surface area contributed by atoms with Crippen LogP contribution in [-0.2, 0) is 8.98 Å². The average Bonchev–Trinajstić information content (AvgIpc) is 1.38. The predicted octanol–water partition coefficient (Wildman–Crippen LogP) is 0.556. The van der Waals surface area contributed by atoms with Gasteiger partial charge in [0, 0.05) is 19.8 Å². The Morgan fingerprint density at radius 2 is 2.00 bits per heavy atom. The van der Waals surface area contributed by atoms with E-state index in [4.69, 9.17) is 0 Å². The van der Waals surface area contributed by atoms with Crippen LogP contribution in [0.5, 0.6) is 0 Å². The molecule has 0 aliphatic heterocycles. The van der Waals surface area contributed by atoms with E-state index in [0.29, 0.717) is 0 Å². The van der Waals surface area contributed by atoms with Gasteiger partial charge in [0.25, 0.3) is 0 Å². The third-order valence-corrected chi connectivity index (χ3v) is 0.386. The van der Waals surface area contributed by atoms with Crippen LogP contribution < -0.4 is 6.15 Å². The molecule has 0 amide bonds. The zero-order valence-electron chi connectivity index (χ0n) is 3.47. The highest BCUT2D eigenvalue weighted by Crippen LogP contribution is 1.74. The summed E-state index contributed by atoms with van der Waals surface area (Å²) in [5.74, 6) is -0.381. The third kappa shape index (κ3) is 9.22. The molecule has 3 nitrogen and oxygen atoms in total. The SMILES string of the molecule is CC(=O)OS.N. The molecule has 0 radical (unpaired) electrons. The summed E-state index contributed by atoms with van der Waals surface area (Å²) in [6.07, 6.45) is 0. The summed E-state index contributed by atoms with van der Waals surface area (Å²) in [7, 11) is 0. The molecule has 0 saturated carbocycles. The van der Waals surface area contributed by atoms with Crippen LogP contribution in [-0.4, -0.2) is 5.97 Å². The molecule has 0 unspecified atom stereocenters. The first-order chi connectivity index (χ1) is 2.27. The molecule has 0 saturated heterocycles. The van der Waals surface area contributed by atoms with E-state index in [2.05, 4.69) is 17.1 Å². The van der Waals surface area contributed by atoms with Crippen molar-refractivity contribution in [1.29, 1.82) is 0 Å². The Hall–Kier alpha value is -0.220. The Bertz CT molecular complexity index is 46.8. The van der Waals surface area contributed by atoms with E-state index in [-0.39, 0.29) is 12.1 Å². The van der Waals surface area contributed by atoms with E-state index in [1.54, 1.807) is 0 Å². The lowest BCUT2D eigenvalue weighted by Gasteiger charge is -1.77. The van der Waals surface area contributed by atoms with Crippen LogP contribution >= 0.6 is 12.9 Å². The normalized spacial score (nSPS) is 5.67. The van der Waals surface area contributed by atoms with E-state index in [9.17, 15) is 4.79 Å². The van der Waals surface area contributed by atoms with Crippen LogP contribution in [0.2, 0.25) is 0 Å². The average molecular weight is 109 g/mol. The molecule has 6 heavy (non-hydrogen) atoms. The molecule has 0 aromatic heterocycles. The first-order valence-electron chi connectivity index (χ1n) is 1.09. The minimum Gasteiger partial charge on any atom is -0.395 e. The van der Waals surface area contributed by atoms with E-state index in [1.807, 2.05) is 0 Å². The lowest BCUT2D eigenvalue weighted by Crippen LogP contribution is -1.82. The summed E-state index contributed by atoms with van der Waals surface area (Å²) in [6, 6.07) is 0. The number of hydrogen-bond acceptors (Lipinski definition) is 4. The smallest absolute Gasteiger partial charge is 0.314 e. The monoisotopic (exact) mass is 109 g/mol. The van der Waals surface area contributed by atoms with Crippen LogP contribution in [0.25, 0.3) is 0 Å². The van der Waals surface area contributed by atoms with E-state index >= 15 is 0 Å². The Balaban J connectivity index is 0. The van der Waals surface area contributed by atoms with E-state index in [1.165, 1.54) is 6.92 Å². The zero-order valence-corrected chi connectivity index (χ0v) is 4.37. The molecular formula is C2H7NO2S. The first-order valence-corrected chi connectivity index (χ1v) is 1.46. The molecule has 0 aromatic carbocycles. The number of carbonyl (C=O) groups is 1. The molecule has 0 spiro atoms. The lowest BCUT2D eigenvalue weighted by molar-refractivity contribution is -0.130. The molecule has 4 heteroatoms. The number of carbonyl (C=O) groups excluding carboxylic acids is 1. The summed E-state index contributed by atoms with van der Waals surface area (Å²) in [6.45, 7) is 1.28. The van der Waals surface area contributed by atoms with Crippen molar-refractivity contribution in [3.05, 3.63) is 0 Å².